The molecule has 7 heteroatoms. The molecule has 114 valence electrons. The Kier molecular flexibility index (Phi) is 5.82. The molecule has 0 aromatic heterocycles. The maximum absolute atomic E-state index is 11.7. The third-order valence-corrected chi connectivity index (χ3v) is 4.66. The van der Waals surface area contributed by atoms with Crippen LogP contribution in [0.1, 0.15) is 31.9 Å². The molecule has 0 aliphatic rings. The molecule has 1 aromatic carbocycles. The van der Waals surface area contributed by atoms with Crippen LogP contribution >= 0.6 is 22.6 Å². The zero-order valence-electron chi connectivity index (χ0n) is 11.8. The predicted molar refractivity (Wildman–Crippen MR) is 87.3 cm³/mol. The Morgan fingerprint density at radius 1 is 1.35 bits per heavy atom. The minimum atomic E-state index is -3.80. The Labute approximate surface area is 133 Å². The molecule has 0 atom stereocenters. The van der Waals surface area contributed by atoms with Crippen molar-refractivity contribution in [2.45, 2.75) is 32.7 Å². The number of hydrogen-bond acceptors (Lipinski definition) is 5. The van der Waals surface area contributed by atoms with Gasteiger partial charge in [-0.25, -0.2) is 0 Å². The van der Waals surface area contributed by atoms with Gasteiger partial charge in [-0.05, 0) is 39.6 Å². The monoisotopic (exact) mass is 413 g/mol. The molecule has 0 saturated heterocycles. The summed E-state index contributed by atoms with van der Waals surface area (Å²) in [6.45, 7) is 5.92. The van der Waals surface area contributed by atoms with Gasteiger partial charge in [0.2, 0.25) is 0 Å². The molecule has 5 nitrogen and oxygen atoms in total. The molecule has 0 amide bonds. The summed E-state index contributed by atoms with van der Waals surface area (Å²) in [5.74, 6) is -0.178. The quantitative estimate of drug-likeness (QED) is 0.567. The second-order valence-electron chi connectivity index (χ2n) is 5.47. The van der Waals surface area contributed by atoms with E-state index in [0.717, 1.165) is 5.56 Å². The van der Waals surface area contributed by atoms with Crippen molar-refractivity contribution in [3.8, 4) is 5.75 Å². The average Bonchev–Trinajstić information content (AvgIpc) is 2.29. The lowest BCUT2D eigenvalue weighted by molar-refractivity contribution is 0.315. The maximum atomic E-state index is 11.7. The number of aliphatic hydroxyl groups excluding tert-OH is 1. The van der Waals surface area contributed by atoms with E-state index in [4.69, 9.17) is 15.0 Å². The standard InChI is InChI=1S/C13H20INO4S/c1-13(2,3)10-6-9(8-15)12(11(14)7-10)19-20(17,18)5-4-16/h6-7,16H,4-5,8,15H2,1-3H3. The highest BCUT2D eigenvalue weighted by atomic mass is 127. The Bertz CT molecular complexity index is 579. The fraction of sp³-hybridized carbons (Fsp3) is 0.538. The highest BCUT2D eigenvalue weighted by Gasteiger charge is 2.21. The van der Waals surface area contributed by atoms with Crippen LogP contribution in [0.3, 0.4) is 0 Å². The molecular weight excluding hydrogens is 393 g/mol. The fourth-order valence-electron chi connectivity index (χ4n) is 1.61. The largest absolute Gasteiger partial charge is 0.395 e. The summed E-state index contributed by atoms with van der Waals surface area (Å²) >= 11 is 2.04. The second kappa shape index (κ2) is 6.59. The minimum absolute atomic E-state index is 0.0631. The molecular formula is C13H20INO4S. The first-order valence-corrected chi connectivity index (χ1v) is 8.82. The van der Waals surface area contributed by atoms with E-state index in [0.29, 0.717) is 9.13 Å². The van der Waals surface area contributed by atoms with Crippen molar-refractivity contribution < 1.29 is 17.7 Å². The SMILES string of the molecule is CC(C)(C)c1cc(I)c(OS(=O)(=O)CCO)c(CN)c1. The Morgan fingerprint density at radius 3 is 2.40 bits per heavy atom. The Hall–Kier alpha value is -0.380. The number of hydrogen-bond donors (Lipinski definition) is 2. The molecule has 0 bridgehead atoms. The number of nitrogens with two attached hydrogens (primary N) is 1. The van der Waals surface area contributed by atoms with Crippen molar-refractivity contribution in [2.75, 3.05) is 12.4 Å². The van der Waals surface area contributed by atoms with Crippen LogP contribution in [0.15, 0.2) is 12.1 Å². The van der Waals surface area contributed by atoms with Gasteiger partial charge in [0.05, 0.1) is 10.2 Å². The lowest BCUT2D eigenvalue weighted by Crippen LogP contribution is -2.19. The summed E-state index contributed by atoms with van der Waals surface area (Å²) in [6.07, 6.45) is 0. The van der Waals surface area contributed by atoms with Gasteiger partial charge < -0.3 is 15.0 Å². The van der Waals surface area contributed by atoms with Crippen LogP contribution in [0.5, 0.6) is 5.75 Å². The fourth-order valence-corrected chi connectivity index (χ4v) is 3.31. The van der Waals surface area contributed by atoms with E-state index >= 15 is 0 Å². The zero-order valence-corrected chi connectivity index (χ0v) is 14.8. The molecule has 0 spiro atoms. The van der Waals surface area contributed by atoms with E-state index in [-0.39, 0.29) is 17.7 Å². The van der Waals surface area contributed by atoms with Crippen LogP contribution < -0.4 is 9.92 Å². The van der Waals surface area contributed by atoms with Crippen LogP contribution in [0, 0.1) is 3.57 Å². The van der Waals surface area contributed by atoms with Crippen LogP contribution in [0.25, 0.3) is 0 Å². The summed E-state index contributed by atoms with van der Waals surface area (Å²) in [5.41, 5.74) is 7.34. The van der Waals surface area contributed by atoms with E-state index in [9.17, 15) is 8.42 Å². The smallest absolute Gasteiger partial charge is 0.311 e. The van der Waals surface area contributed by atoms with Gasteiger partial charge in [0.15, 0.2) is 5.75 Å². The van der Waals surface area contributed by atoms with Crippen molar-refractivity contribution in [3.05, 3.63) is 26.8 Å². The molecule has 1 aromatic rings. The third-order valence-electron chi connectivity index (χ3n) is 2.76. The van der Waals surface area contributed by atoms with Crippen LogP contribution in [0.2, 0.25) is 0 Å². The molecule has 0 saturated carbocycles. The van der Waals surface area contributed by atoms with E-state index < -0.39 is 22.5 Å². The van der Waals surface area contributed by atoms with Gasteiger partial charge in [-0.1, -0.05) is 26.8 Å². The molecule has 0 heterocycles. The van der Waals surface area contributed by atoms with Crippen LogP contribution in [-0.4, -0.2) is 25.9 Å². The van der Waals surface area contributed by atoms with Crippen molar-refractivity contribution in [2.24, 2.45) is 5.73 Å². The highest BCUT2D eigenvalue weighted by molar-refractivity contribution is 14.1. The molecule has 0 unspecified atom stereocenters. The highest BCUT2D eigenvalue weighted by Crippen LogP contribution is 2.33. The van der Waals surface area contributed by atoms with E-state index in [1.165, 1.54) is 0 Å². The normalized spacial score (nSPS) is 12.5. The van der Waals surface area contributed by atoms with E-state index in [1.807, 2.05) is 34.7 Å². The average molecular weight is 413 g/mol. The summed E-state index contributed by atoms with van der Waals surface area (Å²) < 4.78 is 29.1. The molecule has 0 aliphatic carbocycles. The van der Waals surface area contributed by atoms with Gasteiger partial charge in [-0.15, -0.1) is 0 Å². The molecule has 3 N–H and O–H groups in total. The van der Waals surface area contributed by atoms with Gasteiger partial charge in [0.1, 0.15) is 5.75 Å². The molecule has 0 aliphatic heterocycles. The first-order chi connectivity index (χ1) is 9.10. The van der Waals surface area contributed by atoms with Gasteiger partial charge in [-0.2, -0.15) is 8.42 Å². The predicted octanol–water partition coefficient (Wildman–Crippen LogP) is 1.75. The Balaban J connectivity index is 3.28. The molecule has 20 heavy (non-hydrogen) atoms. The van der Waals surface area contributed by atoms with Gasteiger partial charge in [0.25, 0.3) is 0 Å². The summed E-state index contributed by atoms with van der Waals surface area (Å²) in [7, 11) is -3.80. The number of benzene rings is 1. The molecule has 1 rings (SSSR count). The van der Waals surface area contributed by atoms with Crippen molar-refractivity contribution in [1.82, 2.24) is 0 Å². The van der Waals surface area contributed by atoms with Crippen molar-refractivity contribution in [3.63, 3.8) is 0 Å². The summed E-state index contributed by atoms with van der Waals surface area (Å²) in [5, 5.41) is 8.74. The van der Waals surface area contributed by atoms with Crippen LogP contribution in [0.4, 0.5) is 0 Å². The van der Waals surface area contributed by atoms with Gasteiger partial charge in [-0.3, -0.25) is 0 Å². The number of aliphatic hydroxyl groups is 1. The van der Waals surface area contributed by atoms with Gasteiger partial charge in [0, 0.05) is 12.1 Å². The summed E-state index contributed by atoms with van der Waals surface area (Å²) in [6, 6.07) is 3.76. The Morgan fingerprint density at radius 2 is 1.95 bits per heavy atom. The summed E-state index contributed by atoms with van der Waals surface area (Å²) in [4.78, 5) is 0. The topological polar surface area (TPSA) is 89.6 Å². The first kappa shape index (κ1) is 17.7. The lowest BCUT2D eigenvalue weighted by atomic mass is 9.86. The minimum Gasteiger partial charge on any atom is -0.395 e. The second-order valence-corrected chi connectivity index (χ2v) is 8.32. The zero-order chi connectivity index (χ0) is 15.6. The van der Waals surface area contributed by atoms with E-state index in [1.54, 1.807) is 0 Å². The van der Waals surface area contributed by atoms with Crippen molar-refractivity contribution in [1.29, 1.82) is 0 Å². The first-order valence-electron chi connectivity index (χ1n) is 6.16. The number of halogens is 1. The molecule has 0 fully saturated rings. The van der Waals surface area contributed by atoms with Crippen LogP contribution in [-0.2, 0) is 22.1 Å². The third kappa shape index (κ3) is 4.57. The van der Waals surface area contributed by atoms with E-state index in [2.05, 4.69) is 20.8 Å². The molecule has 0 radical (unpaired) electrons. The number of rotatable bonds is 5. The van der Waals surface area contributed by atoms with Crippen molar-refractivity contribution >= 4 is 32.7 Å². The van der Waals surface area contributed by atoms with Gasteiger partial charge >= 0.3 is 10.1 Å². The lowest BCUT2D eigenvalue weighted by Gasteiger charge is -2.22. The maximum Gasteiger partial charge on any atom is 0.311 e.